The molecule has 1 saturated heterocycles. The molecule has 0 N–H and O–H groups in total. The van der Waals surface area contributed by atoms with E-state index in [0.717, 1.165) is 31.6 Å². The zero-order valence-electron chi connectivity index (χ0n) is 7.48. The van der Waals surface area contributed by atoms with Gasteiger partial charge in [-0.1, -0.05) is 0 Å². The van der Waals surface area contributed by atoms with Gasteiger partial charge in [-0.15, -0.1) is 0 Å². The molecule has 1 aromatic rings. The normalized spacial score (nSPS) is 23.1. The molecule has 0 saturated carbocycles. The third kappa shape index (κ3) is 1.59. The number of rotatable bonds is 2. The number of amides is 1. The summed E-state index contributed by atoms with van der Waals surface area (Å²) in [5, 5.41) is 0. The summed E-state index contributed by atoms with van der Waals surface area (Å²) in [6.07, 6.45) is 5.89. The number of hydrogen-bond donors (Lipinski definition) is 0. The van der Waals surface area contributed by atoms with Crippen LogP contribution >= 0.6 is 0 Å². The van der Waals surface area contributed by atoms with E-state index in [1.165, 1.54) is 6.42 Å². The highest BCUT2D eigenvalue weighted by molar-refractivity contribution is 5.48. The van der Waals surface area contributed by atoms with Crippen LogP contribution in [-0.2, 0) is 4.79 Å². The molecule has 1 aromatic heterocycles. The fourth-order valence-corrected chi connectivity index (χ4v) is 1.87. The Morgan fingerprint density at radius 3 is 3.15 bits per heavy atom. The first-order valence-corrected chi connectivity index (χ1v) is 4.66. The minimum Gasteiger partial charge on any atom is -0.467 e. The molecule has 70 valence electrons. The van der Waals surface area contributed by atoms with Crippen molar-refractivity contribution < 1.29 is 9.21 Å². The molecule has 3 nitrogen and oxygen atoms in total. The largest absolute Gasteiger partial charge is 0.467 e. The number of carbonyl (C=O) groups excluding carboxylic acids is 1. The van der Waals surface area contributed by atoms with Gasteiger partial charge in [-0.25, -0.2) is 0 Å². The fourth-order valence-electron chi connectivity index (χ4n) is 1.87. The van der Waals surface area contributed by atoms with E-state index in [9.17, 15) is 4.79 Å². The highest BCUT2D eigenvalue weighted by Crippen LogP contribution is 2.29. The van der Waals surface area contributed by atoms with Gasteiger partial charge in [0.15, 0.2) is 0 Å². The lowest BCUT2D eigenvalue weighted by Crippen LogP contribution is -2.31. The van der Waals surface area contributed by atoms with Gasteiger partial charge in [-0.2, -0.15) is 0 Å². The molecule has 1 fully saturated rings. The zero-order chi connectivity index (χ0) is 9.10. The third-order valence-corrected chi connectivity index (χ3v) is 2.55. The monoisotopic (exact) mass is 179 g/mol. The summed E-state index contributed by atoms with van der Waals surface area (Å²) in [6.45, 7) is 0.856. The molecule has 1 atom stereocenters. The van der Waals surface area contributed by atoms with E-state index >= 15 is 0 Å². The van der Waals surface area contributed by atoms with Gasteiger partial charge in [0.25, 0.3) is 0 Å². The molecule has 0 aromatic carbocycles. The molecular weight excluding hydrogens is 166 g/mol. The summed E-state index contributed by atoms with van der Waals surface area (Å²) in [7, 11) is 0. The minimum absolute atomic E-state index is 0.168. The van der Waals surface area contributed by atoms with Crippen molar-refractivity contribution in [3.05, 3.63) is 24.2 Å². The second kappa shape index (κ2) is 3.64. The van der Waals surface area contributed by atoms with Crippen LogP contribution < -0.4 is 0 Å². The highest BCUT2D eigenvalue weighted by atomic mass is 16.3. The van der Waals surface area contributed by atoms with E-state index in [2.05, 4.69) is 0 Å². The summed E-state index contributed by atoms with van der Waals surface area (Å²) in [5.74, 6) is 0.909. The van der Waals surface area contributed by atoms with Crippen molar-refractivity contribution in [2.45, 2.75) is 25.3 Å². The Morgan fingerprint density at radius 1 is 1.54 bits per heavy atom. The molecule has 0 unspecified atom stereocenters. The maximum atomic E-state index is 10.7. The van der Waals surface area contributed by atoms with E-state index in [0.29, 0.717) is 0 Å². The van der Waals surface area contributed by atoms with Crippen LogP contribution in [0.1, 0.15) is 31.1 Å². The van der Waals surface area contributed by atoms with Gasteiger partial charge in [0.1, 0.15) is 5.76 Å². The highest BCUT2D eigenvalue weighted by Gasteiger charge is 2.24. The lowest BCUT2D eigenvalue weighted by molar-refractivity contribution is -0.121. The van der Waals surface area contributed by atoms with E-state index in [-0.39, 0.29) is 6.04 Å². The van der Waals surface area contributed by atoms with Crippen LogP contribution in [0, 0.1) is 0 Å². The number of likely N-dealkylation sites (tertiary alicyclic amines) is 1. The number of hydrogen-bond acceptors (Lipinski definition) is 2. The average molecular weight is 179 g/mol. The topological polar surface area (TPSA) is 33.5 Å². The van der Waals surface area contributed by atoms with Crippen LogP contribution in [0.15, 0.2) is 22.8 Å². The molecule has 13 heavy (non-hydrogen) atoms. The maximum absolute atomic E-state index is 10.7. The number of piperidine rings is 1. The summed E-state index contributed by atoms with van der Waals surface area (Å²) in [6, 6.07) is 3.97. The predicted octanol–water partition coefficient (Wildman–Crippen LogP) is 1.96. The summed E-state index contributed by atoms with van der Waals surface area (Å²) < 4.78 is 5.30. The van der Waals surface area contributed by atoms with Crippen molar-refractivity contribution in [3.8, 4) is 0 Å². The molecule has 0 bridgehead atoms. The quantitative estimate of drug-likeness (QED) is 0.650. The minimum atomic E-state index is 0.168. The number of furan rings is 1. The maximum Gasteiger partial charge on any atom is 0.210 e. The third-order valence-electron chi connectivity index (χ3n) is 2.55. The molecule has 0 radical (unpaired) electrons. The molecule has 0 spiro atoms. The van der Waals surface area contributed by atoms with Crippen LogP contribution in [0.4, 0.5) is 0 Å². The standard InChI is InChI=1S/C10H13NO2/c12-8-11-6-2-1-4-9(11)10-5-3-7-13-10/h3,5,7-9H,1-2,4,6H2/t9-/m0/s1. The van der Waals surface area contributed by atoms with E-state index in [1.807, 2.05) is 17.0 Å². The van der Waals surface area contributed by atoms with Crippen LogP contribution in [0.2, 0.25) is 0 Å². The van der Waals surface area contributed by atoms with Gasteiger partial charge in [0, 0.05) is 6.54 Å². The van der Waals surface area contributed by atoms with Crippen LogP contribution in [0.3, 0.4) is 0 Å². The van der Waals surface area contributed by atoms with Crippen molar-refractivity contribution in [3.63, 3.8) is 0 Å². The SMILES string of the molecule is O=CN1CCCC[C@H]1c1ccco1. The average Bonchev–Trinajstić information content (AvgIpc) is 2.70. The molecule has 1 amide bonds. The fraction of sp³-hybridized carbons (Fsp3) is 0.500. The Labute approximate surface area is 77.3 Å². The van der Waals surface area contributed by atoms with Crippen LogP contribution in [0.25, 0.3) is 0 Å². The number of nitrogens with zero attached hydrogens (tertiary/aromatic N) is 1. The lowest BCUT2D eigenvalue weighted by atomic mass is 10.0. The van der Waals surface area contributed by atoms with Gasteiger partial charge in [0.2, 0.25) is 6.41 Å². The molecule has 1 aliphatic rings. The van der Waals surface area contributed by atoms with Crippen molar-refractivity contribution in [1.29, 1.82) is 0 Å². The van der Waals surface area contributed by atoms with Crippen molar-refractivity contribution >= 4 is 6.41 Å². The Hall–Kier alpha value is -1.25. The van der Waals surface area contributed by atoms with Crippen molar-refractivity contribution in [1.82, 2.24) is 4.90 Å². The number of carbonyl (C=O) groups is 1. The van der Waals surface area contributed by atoms with Crippen molar-refractivity contribution in [2.24, 2.45) is 0 Å². The summed E-state index contributed by atoms with van der Waals surface area (Å²) >= 11 is 0. The Morgan fingerprint density at radius 2 is 2.46 bits per heavy atom. The van der Waals surface area contributed by atoms with Gasteiger partial charge >= 0.3 is 0 Å². The molecule has 2 rings (SSSR count). The zero-order valence-corrected chi connectivity index (χ0v) is 7.48. The first-order chi connectivity index (χ1) is 6.42. The molecular formula is C10H13NO2. The summed E-state index contributed by atoms with van der Waals surface area (Å²) in [5.41, 5.74) is 0. The first kappa shape index (κ1) is 8.35. The van der Waals surface area contributed by atoms with Crippen LogP contribution in [0.5, 0.6) is 0 Å². The Kier molecular flexibility index (Phi) is 2.34. The van der Waals surface area contributed by atoms with Gasteiger partial charge in [-0.3, -0.25) is 4.79 Å². The second-order valence-corrected chi connectivity index (χ2v) is 3.37. The molecule has 1 aliphatic heterocycles. The smallest absolute Gasteiger partial charge is 0.210 e. The Bertz CT molecular complexity index is 268. The molecule has 3 heteroatoms. The first-order valence-electron chi connectivity index (χ1n) is 4.66. The molecule has 2 heterocycles. The summed E-state index contributed by atoms with van der Waals surface area (Å²) in [4.78, 5) is 12.6. The van der Waals surface area contributed by atoms with Crippen molar-refractivity contribution in [2.75, 3.05) is 6.54 Å². The predicted molar refractivity (Wildman–Crippen MR) is 48.1 cm³/mol. The van der Waals surface area contributed by atoms with Gasteiger partial charge in [-0.05, 0) is 31.4 Å². The molecule has 0 aliphatic carbocycles. The Balaban J connectivity index is 2.15. The van der Waals surface area contributed by atoms with E-state index < -0.39 is 0 Å². The van der Waals surface area contributed by atoms with E-state index in [1.54, 1.807) is 6.26 Å². The van der Waals surface area contributed by atoms with Crippen LogP contribution in [-0.4, -0.2) is 17.9 Å². The second-order valence-electron chi connectivity index (χ2n) is 3.37. The van der Waals surface area contributed by atoms with Gasteiger partial charge < -0.3 is 9.32 Å². The lowest BCUT2D eigenvalue weighted by Gasteiger charge is -2.30. The van der Waals surface area contributed by atoms with Gasteiger partial charge in [0.05, 0.1) is 12.3 Å². The van der Waals surface area contributed by atoms with E-state index in [4.69, 9.17) is 4.42 Å².